The van der Waals surface area contributed by atoms with E-state index in [1.807, 2.05) is 13.8 Å². The van der Waals surface area contributed by atoms with Gasteiger partial charge in [0.25, 0.3) is 5.56 Å². The van der Waals surface area contributed by atoms with Crippen molar-refractivity contribution < 1.29 is 13.9 Å². The van der Waals surface area contributed by atoms with E-state index in [4.69, 9.17) is 9.15 Å². The smallest absolute Gasteiger partial charge is 0.339 e. The van der Waals surface area contributed by atoms with Gasteiger partial charge < -0.3 is 13.7 Å². The monoisotopic (exact) mass is 477 g/mol. The summed E-state index contributed by atoms with van der Waals surface area (Å²) in [7, 11) is 2.95. The minimum atomic E-state index is -0.557. The highest BCUT2D eigenvalue weighted by Gasteiger charge is 2.21. The standard InChI is InChI=1S/C23H23N7O5/c1-13(2)30-19-15(11-25-30)14(10-16(26-19)17-6-5-8-34-17)22(32)35-9-7-29-12-24-20-18(29)21(31)28(4)23(33)27(20)3/h5-6,8,10-13H,7,9H2,1-4H3. The van der Waals surface area contributed by atoms with Gasteiger partial charge >= 0.3 is 11.7 Å². The van der Waals surface area contributed by atoms with Crippen LogP contribution in [-0.2, 0) is 25.4 Å². The van der Waals surface area contributed by atoms with Gasteiger partial charge in [-0.1, -0.05) is 0 Å². The van der Waals surface area contributed by atoms with Crippen molar-refractivity contribution in [3.63, 3.8) is 0 Å². The van der Waals surface area contributed by atoms with Crippen molar-refractivity contribution in [1.82, 2.24) is 33.4 Å². The van der Waals surface area contributed by atoms with Crippen molar-refractivity contribution in [2.45, 2.75) is 26.4 Å². The molecule has 0 aromatic carbocycles. The first-order valence-electron chi connectivity index (χ1n) is 11.0. The number of aryl methyl sites for hydroxylation is 1. The summed E-state index contributed by atoms with van der Waals surface area (Å²) in [5, 5.41) is 4.95. The Balaban J connectivity index is 1.45. The molecule has 0 aliphatic rings. The molecule has 12 nitrogen and oxygen atoms in total. The number of fused-ring (bicyclic) bond motifs is 2. The van der Waals surface area contributed by atoms with Gasteiger partial charge in [0.1, 0.15) is 12.3 Å². The Kier molecular flexibility index (Phi) is 5.35. The van der Waals surface area contributed by atoms with Crippen LogP contribution in [0.15, 0.2) is 51.0 Å². The van der Waals surface area contributed by atoms with Gasteiger partial charge in [-0.3, -0.25) is 13.9 Å². The molecule has 0 N–H and O–H groups in total. The van der Waals surface area contributed by atoms with Crippen LogP contribution in [0.2, 0.25) is 0 Å². The lowest BCUT2D eigenvalue weighted by molar-refractivity contribution is 0.0494. The molecule has 0 atom stereocenters. The van der Waals surface area contributed by atoms with E-state index in [1.54, 1.807) is 40.7 Å². The van der Waals surface area contributed by atoms with Crippen molar-refractivity contribution in [3.8, 4) is 11.5 Å². The molecule has 0 aliphatic carbocycles. The number of imidazole rings is 1. The van der Waals surface area contributed by atoms with E-state index in [-0.39, 0.29) is 30.4 Å². The van der Waals surface area contributed by atoms with E-state index in [1.165, 1.54) is 24.2 Å². The van der Waals surface area contributed by atoms with Crippen LogP contribution in [0.3, 0.4) is 0 Å². The van der Waals surface area contributed by atoms with Crippen LogP contribution in [0.1, 0.15) is 30.2 Å². The minimum Gasteiger partial charge on any atom is -0.463 e. The van der Waals surface area contributed by atoms with Crippen LogP contribution in [0.4, 0.5) is 0 Å². The van der Waals surface area contributed by atoms with Gasteiger partial charge in [0.15, 0.2) is 22.6 Å². The Bertz CT molecular complexity index is 1690. The average molecular weight is 477 g/mol. The second kappa shape index (κ2) is 8.38. The number of hydrogen-bond acceptors (Lipinski definition) is 8. The highest BCUT2D eigenvalue weighted by Crippen LogP contribution is 2.27. The zero-order valence-electron chi connectivity index (χ0n) is 19.6. The Hall–Kier alpha value is -4.48. The zero-order chi connectivity index (χ0) is 24.9. The number of nitrogens with zero attached hydrogens (tertiary/aromatic N) is 7. The molecule has 12 heteroatoms. The van der Waals surface area contributed by atoms with E-state index < -0.39 is 17.2 Å². The Morgan fingerprint density at radius 2 is 1.97 bits per heavy atom. The summed E-state index contributed by atoms with van der Waals surface area (Å²) in [6, 6.07) is 5.16. The molecular weight excluding hydrogens is 454 g/mol. The highest BCUT2D eigenvalue weighted by molar-refractivity contribution is 6.03. The third-order valence-corrected chi connectivity index (χ3v) is 5.83. The molecule has 0 saturated heterocycles. The molecule has 0 amide bonds. The van der Waals surface area contributed by atoms with Crippen molar-refractivity contribution in [2.75, 3.05) is 6.61 Å². The van der Waals surface area contributed by atoms with Gasteiger partial charge in [0.2, 0.25) is 0 Å². The summed E-state index contributed by atoms with van der Waals surface area (Å²) in [6.07, 6.45) is 4.58. The third kappa shape index (κ3) is 3.63. The molecule has 0 radical (unpaired) electrons. The topological polar surface area (TPSA) is 132 Å². The van der Waals surface area contributed by atoms with Gasteiger partial charge in [0, 0.05) is 20.1 Å². The van der Waals surface area contributed by atoms with Crippen molar-refractivity contribution in [2.24, 2.45) is 14.1 Å². The maximum absolute atomic E-state index is 13.1. The van der Waals surface area contributed by atoms with Crippen LogP contribution in [0.25, 0.3) is 33.7 Å². The first-order valence-corrected chi connectivity index (χ1v) is 11.0. The first kappa shape index (κ1) is 22.3. The predicted octanol–water partition coefficient (Wildman–Crippen LogP) is 1.88. The van der Waals surface area contributed by atoms with E-state index in [9.17, 15) is 14.4 Å². The molecular formula is C23H23N7O5. The number of ether oxygens (including phenoxy) is 1. The zero-order valence-corrected chi connectivity index (χ0v) is 19.6. The number of hydrogen-bond donors (Lipinski definition) is 0. The highest BCUT2D eigenvalue weighted by atomic mass is 16.5. The van der Waals surface area contributed by atoms with Crippen LogP contribution in [-0.4, -0.2) is 46.0 Å². The molecule has 0 saturated carbocycles. The van der Waals surface area contributed by atoms with Crippen molar-refractivity contribution in [3.05, 3.63) is 63.4 Å². The van der Waals surface area contributed by atoms with Gasteiger partial charge in [0.05, 0.1) is 36.3 Å². The molecule has 5 rings (SSSR count). The number of esters is 1. The number of aromatic nitrogens is 7. The third-order valence-electron chi connectivity index (χ3n) is 5.83. The second-order valence-electron chi connectivity index (χ2n) is 8.40. The summed E-state index contributed by atoms with van der Waals surface area (Å²) in [5.74, 6) is -0.0398. The summed E-state index contributed by atoms with van der Waals surface area (Å²) >= 11 is 0. The van der Waals surface area contributed by atoms with Crippen LogP contribution >= 0.6 is 0 Å². The fraction of sp³-hybridized carbons (Fsp3) is 0.304. The lowest BCUT2D eigenvalue weighted by atomic mass is 10.1. The van der Waals surface area contributed by atoms with E-state index >= 15 is 0 Å². The van der Waals surface area contributed by atoms with Gasteiger partial charge in [-0.05, 0) is 32.0 Å². The largest absolute Gasteiger partial charge is 0.463 e. The van der Waals surface area contributed by atoms with Crippen LogP contribution in [0.5, 0.6) is 0 Å². The number of rotatable bonds is 6. The molecule has 5 aromatic rings. The average Bonchev–Trinajstić information content (AvgIpc) is 3.60. The molecule has 0 unspecified atom stereocenters. The maximum Gasteiger partial charge on any atom is 0.339 e. The van der Waals surface area contributed by atoms with Crippen molar-refractivity contribution in [1.29, 1.82) is 0 Å². The lowest BCUT2D eigenvalue weighted by Crippen LogP contribution is -2.37. The molecule has 0 bridgehead atoms. The summed E-state index contributed by atoms with van der Waals surface area (Å²) in [6.45, 7) is 4.11. The quantitative estimate of drug-likeness (QED) is 0.339. The second-order valence-corrected chi connectivity index (χ2v) is 8.40. The number of pyridine rings is 1. The number of carbonyl (C=O) groups is 1. The van der Waals surface area contributed by atoms with Crippen LogP contribution in [0, 0.1) is 0 Å². The Morgan fingerprint density at radius 1 is 1.17 bits per heavy atom. The minimum absolute atomic E-state index is 0.0193. The Labute approximate surface area is 198 Å². The van der Waals surface area contributed by atoms with Gasteiger partial charge in [-0.25, -0.2) is 24.2 Å². The number of carbonyl (C=O) groups excluding carboxylic acids is 1. The molecule has 0 spiro atoms. The number of furan rings is 1. The molecule has 180 valence electrons. The fourth-order valence-corrected chi connectivity index (χ4v) is 4.00. The summed E-state index contributed by atoms with van der Waals surface area (Å²) < 4.78 is 16.7. The summed E-state index contributed by atoms with van der Waals surface area (Å²) in [5.41, 5.74) is 0.941. The van der Waals surface area contributed by atoms with E-state index in [0.29, 0.717) is 28.1 Å². The fourth-order valence-electron chi connectivity index (χ4n) is 4.00. The molecule has 0 aliphatic heterocycles. The maximum atomic E-state index is 13.1. The molecule has 5 aromatic heterocycles. The van der Waals surface area contributed by atoms with E-state index in [2.05, 4.69) is 15.1 Å². The summed E-state index contributed by atoms with van der Waals surface area (Å²) in [4.78, 5) is 46.7. The van der Waals surface area contributed by atoms with Gasteiger partial charge in [-0.2, -0.15) is 5.10 Å². The molecule has 5 heterocycles. The normalized spacial score (nSPS) is 11.7. The molecule has 35 heavy (non-hydrogen) atoms. The Morgan fingerprint density at radius 3 is 2.69 bits per heavy atom. The van der Waals surface area contributed by atoms with E-state index in [0.717, 1.165) is 4.57 Å². The SMILES string of the molecule is CC(C)n1ncc2c(C(=O)OCCn3cnc4c3c(=O)n(C)c(=O)n4C)cc(-c3ccco3)nc21. The first-order chi connectivity index (χ1) is 16.8. The predicted molar refractivity (Wildman–Crippen MR) is 126 cm³/mol. The molecule has 0 fully saturated rings. The van der Waals surface area contributed by atoms with Gasteiger partial charge in [-0.15, -0.1) is 0 Å². The van der Waals surface area contributed by atoms with Crippen LogP contribution < -0.4 is 11.2 Å². The van der Waals surface area contributed by atoms with Crippen molar-refractivity contribution >= 4 is 28.2 Å². The lowest BCUT2D eigenvalue weighted by Gasteiger charge is -2.10.